The van der Waals surface area contributed by atoms with Crippen LogP contribution >= 0.6 is 0 Å². The minimum absolute atomic E-state index is 0.762. The van der Waals surface area contributed by atoms with E-state index < -0.39 is 0 Å². The van der Waals surface area contributed by atoms with Crippen LogP contribution in [0.5, 0.6) is 0 Å². The number of benzene rings is 1. The molecule has 0 spiro atoms. The Balaban J connectivity index is 1.81. The van der Waals surface area contributed by atoms with E-state index >= 15 is 0 Å². The van der Waals surface area contributed by atoms with Gasteiger partial charge in [-0.3, -0.25) is 4.57 Å². The SMILES string of the molecule is Cc1cn(-c2ccccc2)c(N(C)CC2CCNCC2)n1. The molecule has 1 aromatic heterocycles. The number of aryl methyl sites for hydroxylation is 1. The van der Waals surface area contributed by atoms with Crippen LogP contribution in [0.3, 0.4) is 0 Å². The van der Waals surface area contributed by atoms with Crippen molar-refractivity contribution in [3.05, 3.63) is 42.2 Å². The van der Waals surface area contributed by atoms with Crippen molar-refractivity contribution in [1.82, 2.24) is 14.9 Å². The van der Waals surface area contributed by atoms with Crippen LogP contribution < -0.4 is 10.2 Å². The smallest absolute Gasteiger partial charge is 0.210 e. The third kappa shape index (κ3) is 3.27. The van der Waals surface area contributed by atoms with E-state index in [1.165, 1.54) is 18.5 Å². The van der Waals surface area contributed by atoms with Gasteiger partial charge in [0.05, 0.1) is 5.69 Å². The van der Waals surface area contributed by atoms with Gasteiger partial charge in [-0.15, -0.1) is 0 Å². The zero-order valence-electron chi connectivity index (χ0n) is 12.9. The first-order valence-corrected chi connectivity index (χ1v) is 7.77. The Labute approximate surface area is 126 Å². The molecule has 1 aliphatic heterocycles. The summed E-state index contributed by atoms with van der Waals surface area (Å²) in [6, 6.07) is 10.4. The molecule has 1 aliphatic rings. The number of hydrogen-bond donors (Lipinski definition) is 1. The van der Waals surface area contributed by atoms with Crippen molar-refractivity contribution < 1.29 is 0 Å². The summed E-state index contributed by atoms with van der Waals surface area (Å²) >= 11 is 0. The van der Waals surface area contributed by atoms with E-state index in [0.717, 1.165) is 37.2 Å². The number of hydrogen-bond acceptors (Lipinski definition) is 3. The minimum Gasteiger partial charge on any atom is -0.345 e. The molecule has 1 N–H and O–H groups in total. The molecule has 112 valence electrons. The quantitative estimate of drug-likeness (QED) is 0.937. The summed E-state index contributed by atoms with van der Waals surface area (Å²) < 4.78 is 2.19. The van der Waals surface area contributed by atoms with Gasteiger partial charge in [0.2, 0.25) is 5.95 Å². The normalized spacial score (nSPS) is 16.1. The summed E-state index contributed by atoms with van der Waals surface area (Å²) in [4.78, 5) is 7.03. The van der Waals surface area contributed by atoms with Crippen molar-refractivity contribution in [3.8, 4) is 5.69 Å². The minimum atomic E-state index is 0.762. The zero-order chi connectivity index (χ0) is 14.7. The molecule has 3 rings (SSSR count). The molecule has 0 unspecified atom stereocenters. The summed E-state index contributed by atoms with van der Waals surface area (Å²) in [6.07, 6.45) is 4.63. The van der Waals surface area contributed by atoms with Crippen LogP contribution in [-0.4, -0.2) is 36.2 Å². The molecule has 0 atom stereocenters. The highest BCUT2D eigenvalue weighted by molar-refractivity contribution is 5.44. The van der Waals surface area contributed by atoms with Crippen LogP contribution in [0.2, 0.25) is 0 Å². The first-order valence-electron chi connectivity index (χ1n) is 7.77. The highest BCUT2D eigenvalue weighted by atomic mass is 15.3. The first-order chi connectivity index (χ1) is 10.2. The Morgan fingerprint density at radius 2 is 1.95 bits per heavy atom. The molecule has 0 amide bonds. The standard InChI is InChI=1S/C17H24N4/c1-14-12-21(16-6-4-3-5-7-16)17(19-14)20(2)13-15-8-10-18-11-9-15/h3-7,12,15,18H,8-11,13H2,1-2H3. The molecule has 21 heavy (non-hydrogen) atoms. The fourth-order valence-corrected chi connectivity index (χ4v) is 3.07. The number of para-hydroxylation sites is 1. The van der Waals surface area contributed by atoms with Gasteiger partial charge >= 0.3 is 0 Å². The van der Waals surface area contributed by atoms with Crippen LogP contribution in [0.15, 0.2) is 36.5 Å². The fourth-order valence-electron chi connectivity index (χ4n) is 3.07. The molecule has 1 fully saturated rings. The molecule has 1 aromatic carbocycles. The highest BCUT2D eigenvalue weighted by Crippen LogP contribution is 2.22. The fraction of sp³-hybridized carbons (Fsp3) is 0.471. The van der Waals surface area contributed by atoms with E-state index in [4.69, 9.17) is 4.98 Å². The van der Waals surface area contributed by atoms with Gasteiger partial charge in [-0.05, 0) is 50.9 Å². The van der Waals surface area contributed by atoms with Gasteiger partial charge in [0.25, 0.3) is 0 Å². The third-order valence-corrected chi connectivity index (χ3v) is 4.17. The molecule has 1 saturated heterocycles. The predicted molar refractivity (Wildman–Crippen MR) is 87.2 cm³/mol. The maximum atomic E-state index is 4.73. The molecule has 2 aromatic rings. The van der Waals surface area contributed by atoms with Gasteiger partial charge in [0.15, 0.2) is 0 Å². The summed E-state index contributed by atoms with van der Waals surface area (Å²) in [7, 11) is 2.16. The molecular weight excluding hydrogens is 260 g/mol. The zero-order valence-corrected chi connectivity index (χ0v) is 12.9. The summed E-state index contributed by atoms with van der Waals surface area (Å²) in [5, 5.41) is 3.43. The van der Waals surface area contributed by atoms with Crippen LogP contribution in [0.4, 0.5) is 5.95 Å². The van der Waals surface area contributed by atoms with Gasteiger partial charge in [-0.1, -0.05) is 18.2 Å². The van der Waals surface area contributed by atoms with Crippen molar-refractivity contribution >= 4 is 5.95 Å². The number of imidazole rings is 1. The lowest BCUT2D eigenvalue weighted by Crippen LogP contribution is -2.35. The van der Waals surface area contributed by atoms with Crippen LogP contribution in [0.1, 0.15) is 18.5 Å². The van der Waals surface area contributed by atoms with E-state index in [1.807, 2.05) is 6.07 Å². The van der Waals surface area contributed by atoms with E-state index in [2.05, 4.69) is 59.2 Å². The Bertz CT molecular complexity index is 570. The molecular formula is C17H24N4. The monoisotopic (exact) mass is 284 g/mol. The number of anilines is 1. The number of piperidine rings is 1. The third-order valence-electron chi connectivity index (χ3n) is 4.17. The van der Waals surface area contributed by atoms with E-state index in [9.17, 15) is 0 Å². The molecule has 4 heteroatoms. The Morgan fingerprint density at radius 3 is 2.67 bits per heavy atom. The Hall–Kier alpha value is -1.81. The van der Waals surface area contributed by atoms with Crippen molar-refractivity contribution in [2.75, 3.05) is 31.6 Å². The van der Waals surface area contributed by atoms with Gasteiger partial charge < -0.3 is 10.2 Å². The topological polar surface area (TPSA) is 33.1 Å². The largest absolute Gasteiger partial charge is 0.345 e. The van der Waals surface area contributed by atoms with Gasteiger partial charge in [0, 0.05) is 25.5 Å². The van der Waals surface area contributed by atoms with Crippen molar-refractivity contribution in [2.24, 2.45) is 5.92 Å². The van der Waals surface area contributed by atoms with Gasteiger partial charge in [0.1, 0.15) is 0 Å². The van der Waals surface area contributed by atoms with Crippen molar-refractivity contribution in [1.29, 1.82) is 0 Å². The molecule has 0 aliphatic carbocycles. The second kappa shape index (κ2) is 6.31. The maximum Gasteiger partial charge on any atom is 0.210 e. The van der Waals surface area contributed by atoms with Crippen molar-refractivity contribution in [2.45, 2.75) is 19.8 Å². The maximum absolute atomic E-state index is 4.73. The molecule has 0 saturated carbocycles. The second-order valence-corrected chi connectivity index (χ2v) is 5.96. The average molecular weight is 284 g/mol. The lowest BCUT2D eigenvalue weighted by molar-refractivity contribution is 0.376. The summed E-state index contributed by atoms with van der Waals surface area (Å²) in [5.41, 5.74) is 2.23. The summed E-state index contributed by atoms with van der Waals surface area (Å²) in [6.45, 7) is 5.42. The molecule has 4 nitrogen and oxygen atoms in total. The predicted octanol–water partition coefficient (Wildman–Crippen LogP) is 2.62. The number of nitrogens with one attached hydrogen (secondary N) is 1. The van der Waals surface area contributed by atoms with E-state index in [1.54, 1.807) is 0 Å². The number of rotatable bonds is 4. The van der Waals surface area contributed by atoms with E-state index in [0.29, 0.717) is 0 Å². The molecule has 0 bridgehead atoms. The molecule has 0 radical (unpaired) electrons. The van der Waals surface area contributed by atoms with Crippen LogP contribution in [0.25, 0.3) is 5.69 Å². The highest BCUT2D eigenvalue weighted by Gasteiger charge is 2.18. The van der Waals surface area contributed by atoms with Gasteiger partial charge in [-0.2, -0.15) is 0 Å². The first kappa shape index (κ1) is 14.1. The molecule has 2 heterocycles. The second-order valence-electron chi connectivity index (χ2n) is 5.96. The summed E-state index contributed by atoms with van der Waals surface area (Å²) in [5.74, 6) is 1.80. The van der Waals surface area contributed by atoms with Crippen molar-refractivity contribution in [3.63, 3.8) is 0 Å². The van der Waals surface area contributed by atoms with Gasteiger partial charge in [-0.25, -0.2) is 4.98 Å². The Kier molecular flexibility index (Phi) is 4.25. The Morgan fingerprint density at radius 1 is 1.24 bits per heavy atom. The average Bonchev–Trinajstić information content (AvgIpc) is 2.91. The van der Waals surface area contributed by atoms with Crippen LogP contribution in [0, 0.1) is 12.8 Å². The number of aromatic nitrogens is 2. The van der Waals surface area contributed by atoms with E-state index in [-0.39, 0.29) is 0 Å². The number of nitrogens with zero attached hydrogens (tertiary/aromatic N) is 3. The lowest BCUT2D eigenvalue weighted by atomic mass is 9.98. The lowest BCUT2D eigenvalue weighted by Gasteiger charge is -2.28. The van der Waals surface area contributed by atoms with Crippen LogP contribution in [-0.2, 0) is 0 Å².